The van der Waals surface area contributed by atoms with Crippen LogP contribution < -0.4 is 10.9 Å². The van der Waals surface area contributed by atoms with Crippen molar-refractivity contribution < 1.29 is 9.53 Å². The number of amides is 1. The van der Waals surface area contributed by atoms with Gasteiger partial charge < -0.3 is 15.0 Å². The van der Waals surface area contributed by atoms with Crippen molar-refractivity contribution in [2.24, 2.45) is 0 Å². The number of nitrogens with zero attached hydrogens (tertiary/aromatic N) is 1. The molecule has 0 radical (unpaired) electrons. The Labute approximate surface area is 157 Å². The van der Waals surface area contributed by atoms with E-state index in [2.05, 4.69) is 17.2 Å². The fourth-order valence-electron chi connectivity index (χ4n) is 3.23. The largest absolute Gasteiger partial charge is 0.376 e. The van der Waals surface area contributed by atoms with Crippen LogP contribution in [0, 0.1) is 4.77 Å². The summed E-state index contributed by atoms with van der Waals surface area (Å²) >= 11 is 5.34. The molecule has 1 fully saturated rings. The van der Waals surface area contributed by atoms with E-state index in [4.69, 9.17) is 17.0 Å². The summed E-state index contributed by atoms with van der Waals surface area (Å²) in [4.78, 5) is 28.1. The zero-order valence-electron chi connectivity index (χ0n) is 15.0. The molecule has 2 heterocycles. The molecule has 140 valence electrons. The lowest BCUT2D eigenvalue weighted by molar-refractivity contribution is 0.0858. The van der Waals surface area contributed by atoms with E-state index >= 15 is 0 Å². The molecular formula is C19H25N3O3S. The summed E-state index contributed by atoms with van der Waals surface area (Å²) < 4.78 is 7.52. The van der Waals surface area contributed by atoms with E-state index in [1.165, 1.54) is 0 Å². The van der Waals surface area contributed by atoms with Crippen LogP contribution in [0.3, 0.4) is 0 Å². The molecule has 6 nitrogen and oxygen atoms in total. The second kappa shape index (κ2) is 8.60. The van der Waals surface area contributed by atoms with Crippen molar-refractivity contribution in [3.63, 3.8) is 0 Å². The highest BCUT2D eigenvalue weighted by Crippen LogP contribution is 2.13. The maximum Gasteiger partial charge on any atom is 0.262 e. The Balaban J connectivity index is 1.80. The van der Waals surface area contributed by atoms with Gasteiger partial charge in [-0.15, -0.1) is 0 Å². The van der Waals surface area contributed by atoms with Crippen molar-refractivity contribution in [3.8, 4) is 0 Å². The monoisotopic (exact) mass is 375 g/mol. The van der Waals surface area contributed by atoms with Crippen molar-refractivity contribution >= 4 is 29.0 Å². The molecule has 1 aliphatic rings. The lowest BCUT2D eigenvalue weighted by Gasteiger charge is -2.12. The third kappa shape index (κ3) is 4.22. The first kappa shape index (κ1) is 18.8. The number of ether oxygens (including phenoxy) is 1. The standard InChI is InChI=1S/C19H25N3O3S/c1-2-3-4-9-22-18(24)15-8-7-13(11-16(15)21-19(22)26)17(23)20-12-14-6-5-10-25-14/h7-8,11,14H,2-6,9-10,12H2,1H3,(H,20,23)(H,21,26)/t14-/m0/s1. The fourth-order valence-corrected chi connectivity index (χ4v) is 3.52. The van der Waals surface area contributed by atoms with E-state index in [0.717, 1.165) is 38.7 Å². The summed E-state index contributed by atoms with van der Waals surface area (Å²) in [5.74, 6) is -0.172. The highest BCUT2D eigenvalue weighted by Gasteiger charge is 2.17. The highest BCUT2D eigenvalue weighted by atomic mass is 32.1. The molecule has 1 saturated heterocycles. The van der Waals surface area contributed by atoms with Gasteiger partial charge in [0.1, 0.15) is 0 Å². The second-order valence-corrected chi connectivity index (χ2v) is 7.09. The number of unbranched alkanes of at least 4 members (excludes halogenated alkanes) is 2. The van der Waals surface area contributed by atoms with Crippen molar-refractivity contribution in [1.82, 2.24) is 14.9 Å². The third-order valence-corrected chi connectivity index (χ3v) is 5.07. The lowest BCUT2D eigenvalue weighted by Crippen LogP contribution is -2.31. The normalized spacial score (nSPS) is 16.9. The summed E-state index contributed by atoms with van der Waals surface area (Å²) in [5, 5.41) is 3.44. The molecule has 1 aromatic heterocycles. The molecular weight excluding hydrogens is 350 g/mol. The molecule has 7 heteroatoms. The third-order valence-electron chi connectivity index (χ3n) is 4.74. The minimum Gasteiger partial charge on any atom is -0.376 e. The molecule has 1 aromatic carbocycles. The van der Waals surface area contributed by atoms with Crippen LogP contribution >= 0.6 is 12.2 Å². The molecule has 0 unspecified atom stereocenters. The number of fused-ring (bicyclic) bond motifs is 1. The minimum atomic E-state index is -0.172. The van der Waals surface area contributed by atoms with Crippen LogP contribution in [0.5, 0.6) is 0 Å². The lowest BCUT2D eigenvalue weighted by atomic mass is 10.1. The number of H-pyrrole nitrogens is 1. The van der Waals surface area contributed by atoms with Gasteiger partial charge in [0.2, 0.25) is 0 Å². The predicted octanol–water partition coefficient (Wildman–Crippen LogP) is 3.16. The molecule has 3 rings (SSSR count). The SMILES string of the molecule is CCCCCn1c(=S)[nH]c2cc(C(=O)NC[C@@H]3CCCO3)ccc2c1=O. The summed E-state index contributed by atoms with van der Waals surface area (Å²) in [5.41, 5.74) is 0.993. The van der Waals surface area contributed by atoms with E-state index < -0.39 is 0 Å². The van der Waals surface area contributed by atoms with Crippen LogP contribution in [-0.2, 0) is 11.3 Å². The van der Waals surface area contributed by atoms with Crippen molar-refractivity contribution in [2.45, 2.75) is 51.7 Å². The number of rotatable bonds is 7. The number of hydrogen-bond acceptors (Lipinski definition) is 4. The Morgan fingerprint density at radius 2 is 2.27 bits per heavy atom. The van der Waals surface area contributed by atoms with Crippen molar-refractivity contribution in [2.75, 3.05) is 13.2 Å². The van der Waals surface area contributed by atoms with Crippen LogP contribution in [0.15, 0.2) is 23.0 Å². The van der Waals surface area contributed by atoms with E-state index in [9.17, 15) is 9.59 Å². The van der Waals surface area contributed by atoms with Crippen LogP contribution in [0.2, 0.25) is 0 Å². The van der Waals surface area contributed by atoms with E-state index in [1.54, 1.807) is 22.8 Å². The molecule has 1 atom stereocenters. The molecule has 0 bridgehead atoms. The summed E-state index contributed by atoms with van der Waals surface area (Å²) in [7, 11) is 0. The van der Waals surface area contributed by atoms with Gasteiger partial charge in [-0.25, -0.2) is 0 Å². The minimum absolute atomic E-state index is 0.0977. The van der Waals surface area contributed by atoms with Crippen molar-refractivity contribution in [3.05, 3.63) is 38.9 Å². The Morgan fingerprint density at radius 3 is 3.00 bits per heavy atom. The highest BCUT2D eigenvalue weighted by molar-refractivity contribution is 7.71. The first-order chi connectivity index (χ1) is 12.6. The van der Waals surface area contributed by atoms with Gasteiger partial charge in [-0.1, -0.05) is 19.8 Å². The number of carbonyl (C=O) groups is 1. The summed E-state index contributed by atoms with van der Waals surface area (Å²) in [6.45, 7) is 4.00. The fraction of sp³-hybridized carbons (Fsp3) is 0.526. The van der Waals surface area contributed by atoms with Gasteiger partial charge in [0.05, 0.1) is 17.0 Å². The number of carbonyl (C=O) groups excluding carboxylic acids is 1. The van der Waals surface area contributed by atoms with Gasteiger partial charge in [0.25, 0.3) is 11.5 Å². The van der Waals surface area contributed by atoms with Gasteiger partial charge in [-0.2, -0.15) is 0 Å². The quantitative estimate of drug-likeness (QED) is 0.576. The molecule has 1 aliphatic heterocycles. The van der Waals surface area contributed by atoms with Gasteiger partial charge in [0.15, 0.2) is 4.77 Å². The number of hydrogen-bond donors (Lipinski definition) is 2. The molecule has 26 heavy (non-hydrogen) atoms. The average Bonchev–Trinajstić information content (AvgIpc) is 3.15. The first-order valence-corrected chi connectivity index (χ1v) is 9.67. The Hall–Kier alpha value is -1.99. The number of benzene rings is 1. The first-order valence-electron chi connectivity index (χ1n) is 9.27. The maximum atomic E-state index is 12.7. The predicted molar refractivity (Wildman–Crippen MR) is 104 cm³/mol. The van der Waals surface area contributed by atoms with E-state index in [0.29, 0.717) is 34.3 Å². The van der Waals surface area contributed by atoms with E-state index in [-0.39, 0.29) is 17.6 Å². The number of nitrogens with one attached hydrogen (secondary N) is 2. The Morgan fingerprint density at radius 1 is 1.42 bits per heavy atom. The molecule has 0 saturated carbocycles. The van der Waals surface area contributed by atoms with Gasteiger partial charge in [-0.3, -0.25) is 14.2 Å². The number of aromatic amines is 1. The molecule has 0 aliphatic carbocycles. The second-order valence-electron chi connectivity index (χ2n) is 6.70. The van der Waals surface area contributed by atoms with Crippen LogP contribution in [-0.4, -0.2) is 34.7 Å². The average molecular weight is 375 g/mol. The van der Waals surface area contributed by atoms with E-state index in [1.807, 2.05) is 0 Å². The Kier molecular flexibility index (Phi) is 6.21. The molecule has 0 spiro atoms. The summed E-state index contributed by atoms with van der Waals surface area (Å²) in [6.07, 6.45) is 5.18. The van der Waals surface area contributed by atoms with Gasteiger partial charge in [-0.05, 0) is 49.7 Å². The molecule has 1 amide bonds. The van der Waals surface area contributed by atoms with Crippen molar-refractivity contribution in [1.29, 1.82) is 0 Å². The zero-order valence-corrected chi connectivity index (χ0v) is 15.9. The summed E-state index contributed by atoms with van der Waals surface area (Å²) in [6, 6.07) is 5.07. The smallest absolute Gasteiger partial charge is 0.262 e. The van der Waals surface area contributed by atoms with Crippen LogP contribution in [0.4, 0.5) is 0 Å². The molecule has 2 aromatic rings. The topological polar surface area (TPSA) is 76.1 Å². The van der Waals surface area contributed by atoms with Gasteiger partial charge >= 0.3 is 0 Å². The Bertz CT molecular complexity index is 897. The van der Waals surface area contributed by atoms with Crippen LogP contribution in [0.1, 0.15) is 49.4 Å². The van der Waals surface area contributed by atoms with Crippen LogP contribution in [0.25, 0.3) is 10.9 Å². The number of aromatic nitrogens is 2. The molecule has 2 N–H and O–H groups in total. The maximum absolute atomic E-state index is 12.7. The van der Waals surface area contributed by atoms with Gasteiger partial charge in [0, 0.05) is 25.3 Å². The zero-order chi connectivity index (χ0) is 18.5.